The number of benzene rings is 1. The largest absolute Gasteiger partial charge is 0.408 e. The lowest BCUT2D eigenvalue weighted by Gasteiger charge is -2.21. The third-order valence-electron chi connectivity index (χ3n) is 4.99. The van der Waals surface area contributed by atoms with Gasteiger partial charge < -0.3 is 10.2 Å². The lowest BCUT2D eigenvalue weighted by molar-refractivity contribution is -0.154. The number of carbonyl (C=O) groups is 1. The highest BCUT2D eigenvalue weighted by Crippen LogP contribution is 2.25. The molecule has 0 fully saturated rings. The maximum atomic E-state index is 14.6. The predicted molar refractivity (Wildman–Crippen MR) is 114 cm³/mol. The molecule has 0 bridgehead atoms. The van der Waals surface area contributed by atoms with Crippen molar-refractivity contribution in [1.82, 2.24) is 14.9 Å². The Balaban J connectivity index is 2.25. The monoisotopic (exact) mass is 468 g/mol. The number of nitrogens with zero attached hydrogens (tertiary/aromatic N) is 3. The molecule has 0 aliphatic carbocycles. The predicted octanol–water partition coefficient (Wildman–Crippen LogP) is 4.19. The number of fused-ring (bicyclic) bond motifs is 1. The van der Waals surface area contributed by atoms with Crippen LogP contribution in [0.15, 0.2) is 41.3 Å². The molecule has 2 aromatic heterocycles. The summed E-state index contributed by atoms with van der Waals surface area (Å²) in [5.74, 6) is -2.72. The third-order valence-corrected chi connectivity index (χ3v) is 4.99. The molecule has 0 radical (unpaired) electrons. The fourth-order valence-electron chi connectivity index (χ4n) is 3.31. The number of aromatic nitrogens is 2. The molecule has 0 spiro atoms. The SMILES string of the molecule is CCCC(NC(=O)c1cn(-c2ccc(F)cc2F)c2nc(N(C)C)ccc2c1=O)C(F)(F)F. The highest BCUT2D eigenvalue weighted by atomic mass is 19.4. The summed E-state index contributed by atoms with van der Waals surface area (Å²) in [5.41, 5.74) is -1.78. The van der Waals surface area contributed by atoms with Crippen LogP contribution in [-0.2, 0) is 0 Å². The van der Waals surface area contributed by atoms with E-state index < -0.39 is 40.8 Å². The Kier molecular flexibility index (Phi) is 6.71. The maximum absolute atomic E-state index is 14.6. The molecule has 0 saturated carbocycles. The average molecular weight is 468 g/mol. The van der Waals surface area contributed by atoms with Gasteiger partial charge in [-0.1, -0.05) is 13.3 Å². The second-order valence-electron chi connectivity index (χ2n) is 7.63. The van der Waals surface area contributed by atoms with Gasteiger partial charge in [-0.2, -0.15) is 13.2 Å². The van der Waals surface area contributed by atoms with Gasteiger partial charge in [-0.3, -0.25) is 14.2 Å². The topological polar surface area (TPSA) is 67.2 Å². The van der Waals surface area contributed by atoms with Crippen LogP contribution >= 0.6 is 0 Å². The fraction of sp³-hybridized carbons (Fsp3) is 0.318. The van der Waals surface area contributed by atoms with Crippen LogP contribution < -0.4 is 15.6 Å². The molecule has 11 heteroatoms. The van der Waals surface area contributed by atoms with Crippen molar-refractivity contribution in [2.24, 2.45) is 0 Å². The van der Waals surface area contributed by atoms with E-state index in [9.17, 15) is 31.5 Å². The summed E-state index contributed by atoms with van der Waals surface area (Å²) >= 11 is 0. The first-order valence-electron chi connectivity index (χ1n) is 10.0. The first-order chi connectivity index (χ1) is 15.4. The van der Waals surface area contributed by atoms with E-state index in [4.69, 9.17) is 0 Å². The van der Waals surface area contributed by atoms with Crippen molar-refractivity contribution in [3.63, 3.8) is 0 Å². The van der Waals surface area contributed by atoms with Gasteiger partial charge in [-0.05, 0) is 30.7 Å². The number of anilines is 1. The van der Waals surface area contributed by atoms with Gasteiger partial charge in [0.15, 0.2) is 5.65 Å². The zero-order valence-electron chi connectivity index (χ0n) is 18.0. The van der Waals surface area contributed by atoms with E-state index in [0.717, 1.165) is 22.9 Å². The molecular weight excluding hydrogens is 447 g/mol. The van der Waals surface area contributed by atoms with Crippen molar-refractivity contribution in [2.75, 3.05) is 19.0 Å². The summed E-state index contributed by atoms with van der Waals surface area (Å²) in [4.78, 5) is 31.7. The van der Waals surface area contributed by atoms with Crippen molar-refractivity contribution in [2.45, 2.75) is 32.0 Å². The van der Waals surface area contributed by atoms with E-state index in [-0.39, 0.29) is 29.6 Å². The molecule has 0 saturated heterocycles. The summed E-state index contributed by atoms with van der Waals surface area (Å²) < 4.78 is 69.0. The summed E-state index contributed by atoms with van der Waals surface area (Å²) in [7, 11) is 3.36. The molecule has 33 heavy (non-hydrogen) atoms. The van der Waals surface area contributed by atoms with Crippen molar-refractivity contribution in [3.8, 4) is 5.69 Å². The fourth-order valence-corrected chi connectivity index (χ4v) is 3.31. The molecule has 6 nitrogen and oxygen atoms in total. The molecule has 1 N–H and O–H groups in total. The lowest BCUT2D eigenvalue weighted by Crippen LogP contribution is -2.46. The lowest BCUT2D eigenvalue weighted by atomic mass is 10.1. The molecule has 1 atom stereocenters. The molecule has 3 aromatic rings. The third kappa shape index (κ3) is 4.96. The van der Waals surface area contributed by atoms with Gasteiger partial charge in [0.25, 0.3) is 5.91 Å². The first kappa shape index (κ1) is 24.1. The Labute approximate surface area is 185 Å². The molecule has 1 amide bonds. The van der Waals surface area contributed by atoms with Gasteiger partial charge in [-0.15, -0.1) is 0 Å². The van der Waals surface area contributed by atoms with Crippen LogP contribution in [0.5, 0.6) is 0 Å². The number of nitrogens with one attached hydrogen (secondary N) is 1. The van der Waals surface area contributed by atoms with Crippen LogP contribution in [0.4, 0.5) is 27.8 Å². The quantitative estimate of drug-likeness (QED) is 0.551. The van der Waals surface area contributed by atoms with E-state index in [1.165, 1.54) is 19.1 Å². The van der Waals surface area contributed by atoms with Crippen LogP contribution in [-0.4, -0.2) is 41.8 Å². The van der Waals surface area contributed by atoms with Crippen LogP contribution in [0.25, 0.3) is 16.7 Å². The highest BCUT2D eigenvalue weighted by Gasteiger charge is 2.40. The van der Waals surface area contributed by atoms with Crippen molar-refractivity contribution in [1.29, 1.82) is 0 Å². The maximum Gasteiger partial charge on any atom is 0.408 e. The summed E-state index contributed by atoms with van der Waals surface area (Å²) in [6.45, 7) is 1.53. The van der Waals surface area contributed by atoms with E-state index in [0.29, 0.717) is 11.9 Å². The number of pyridine rings is 2. The van der Waals surface area contributed by atoms with Crippen LogP contribution in [0.2, 0.25) is 0 Å². The molecule has 0 aliphatic rings. The van der Waals surface area contributed by atoms with E-state index >= 15 is 0 Å². The molecule has 2 heterocycles. The van der Waals surface area contributed by atoms with Gasteiger partial charge in [0.1, 0.15) is 29.1 Å². The molecular formula is C22H21F5N4O2. The number of rotatable bonds is 6. The highest BCUT2D eigenvalue weighted by molar-refractivity contribution is 5.97. The number of hydrogen-bond acceptors (Lipinski definition) is 4. The summed E-state index contributed by atoms with van der Waals surface area (Å²) in [6, 6.07) is 3.33. The minimum Gasteiger partial charge on any atom is -0.363 e. The smallest absolute Gasteiger partial charge is 0.363 e. The van der Waals surface area contributed by atoms with E-state index in [1.807, 2.05) is 5.32 Å². The molecule has 3 rings (SSSR count). The second kappa shape index (κ2) is 9.16. The van der Waals surface area contributed by atoms with Gasteiger partial charge in [0.2, 0.25) is 5.43 Å². The van der Waals surface area contributed by atoms with E-state index in [1.54, 1.807) is 19.0 Å². The Morgan fingerprint density at radius 3 is 2.45 bits per heavy atom. The first-order valence-corrected chi connectivity index (χ1v) is 10.0. The summed E-state index contributed by atoms with van der Waals surface area (Å²) in [6.07, 6.45) is -4.03. The number of hydrogen-bond donors (Lipinski definition) is 1. The Morgan fingerprint density at radius 1 is 1.18 bits per heavy atom. The van der Waals surface area contributed by atoms with Crippen LogP contribution in [0.1, 0.15) is 30.1 Å². The minimum absolute atomic E-state index is 0.0470. The van der Waals surface area contributed by atoms with Crippen molar-refractivity contribution >= 4 is 22.8 Å². The second-order valence-corrected chi connectivity index (χ2v) is 7.63. The van der Waals surface area contributed by atoms with Crippen molar-refractivity contribution in [3.05, 3.63) is 63.9 Å². The number of halogens is 5. The van der Waals surface area contributed by atoms with Gasteiger partial charge in [-0.25, -0.2) is 13.8 Å². The Morgan fingerprint density at radius 2 is 1.88 bits per heavy atom. The van der Waals surface area contributed by atoms with Gasteiger partial charge in [0, 0.05) is 26.4 Å². The molecule has 1 unspecified atom stereocenters. The number of carbonyl (C=O) groups excluding carboxylic acids is 1. The van der Waals surface area contributed by atoms with Crippen LogP contribution in [0.3, 0.4) is 0 Å². The van der Waals surface area contributed by atoms with Gasteiger partial charge in [0.05, 0.1) is 11.1 Å². The standard InChI is InChI=1S/C22H21F5N4O2/c1-4-5-17(22(25,26)27)28-21(33)14-11-31(16-8-6-12(23)10-15(16)24)20-13(19(14)32)7-9-18(29-20)30(2)3/h6-11,17H,4-5H2,1-3H3,(H,28,33). The van der Waals surface area contributed by atoms with Gasteiger partial charge >= 0.3 is 6.18 Å². The van der Waals surface area contributed by atoms with E-state index in [2.05, 4.69) is 4.98 Å². The normalized spacial score (nSPS) is 12.6. The Bertz CT molecular complexity index is 1250. The number of amides is 1. The molecule has 0 aliphatic heterocycles. The summed E-state index contributed by atoms with van der Waals surface area (Å²) in [5, 5.41) is 1.74. The molecule has 1 aromatic carbocycles. The average Bonchev–Trinajstić information content (AvgIpc) is 2.73. The zero-order valence-corrected chi connectivity index (χ0v) is 18.0. The zero-order chi connectivity index (χ0) is 24.5. The Hall–Kier alpha value is -3.50. The molecule has 176 valence electrons. The number of alkyl halides is 3. The minimum atomic E-state index is -4.72. The van der Waals surface area contributed by atoms with Crippen LogP contribution in [0, 0.1) is 11.6 Å². The van der Waals surface area contributed by atoms with Crippen molar-refractivity contribution < 1.29 is 26.7 Å².